The minimum absolute atomic E-state index is 0.0195. The van der Waals surface area contributed by atoms with E-state index in [-0.39, 0.29) is 22.6 Å². The number of Topliss-reactive ketones (excluding diaryl/α,β-unsaturated/α-hetero) is 1. The highest BCUT2D eigenvalue weighted by atomic mass is 35.5. The monoisotopic (exact) mass is 534 g/mol. The summed E-state index contributed by atoms with van der Waals surface area (Å²) in [6.07, 6.45) is 0. The fourth-order valence-corrected chi connectivity index (χ4v) is 4.89. The molecule has 0 saturated carbocycles. The summed E-state index contributed by atoms with van der Waals surface area (Å²) in [5, 5.41) is 11.8. The Labute approximate surface area is 227 Å². The molecule has 38 heavy (non-hydrogen) atoms. The van der Waals surface area contributed by atoms with E-state index in [1.165, 1.54) is 12.0 Å². The number of ketones is 1. The van der Waals surface area contributed by atoms with Gasteiger partial charge in [0.1, 0.15) is 23.9 Å². The van der Waals surface area contributed by atoms with E-state index in [0.29, 0.717) is 36.0 Å². The van der Waals surface area contributed by atoms with Crippen LogP contribution in [0.3, 0.4) is 0 Å². The number of aliphatic hydroxyl groups excluding tert-OH is 1. The fourth-order valence-electron chi connectivity index (χ4n) is 4.54. The third kappa shape index (κ3) is 5.69. The fraction of sp³-hybridized carbons (Fsp3) is 0.267. The summed E-state index contributed by atoms with van der Waals surface area (Å²) in [5.74, 6) is -0.958. The Balaban J connectivity index is 1.81. The van der Waals surface area contributed by atoms with Crippen molar-refractivity contribution in [1.82, 2.24) is 9.80 Å². The van der Waals surface area contributed by atoms with Crippen molar-refractivity contribution < 1.29 is 24.2 Å². The van der Waals surface area contributed by atoms with Crippen LogP contribution in [0.25, 0.3) is 5.76 Å². The number of methoxy groups -OCH3 is 1. The highest BCUT2D eigenvalue weighted by Crippen LogP contribution is 2.43. The molecule has 1 N–H and O–H groups in total. The average molecular weight is 535 g/mol. The number of halogens is 1. The van der Waals surface area contributed by atoms with Crippen LogP contribution in [0.4, 0.5) is 0 Å². The zero-order valence-corrected chi connectivity index (χ0v) is 22.7. The number of carbonyl (C=O) groups excluding carboxylic acids is 2. The molecule has 7 nitrogen and oxygen atoms in total. The third-order valence-corrected chi connectivity index (χ3v) is 6.68. The Morgan fingerprint density at radius 1 is 1.05 bits per heavy atom. The van der Waals surface area contributed by atoms with Crippen LogP contribution in [-0.2, 0) is 16.2 Å². The maximum Gasteiger partial charge on any atom is 0.295 e. The molecule has 1 saturated heterocycles. The Morgan fingerprint density at radius 3 is 2.47 bits per heavy atom. The number of amides is 1. The number of likely N-dealkylation sites (N-methyl/N-ethyl adjacent to an activating group) is 1. The minimum atomic E-state index is -0.820. The van der Waals surface area contributed by atoms with Crippen LogP contribution < -0.4 is 9.47 Å². The highest BCUT2D eigenvalue weighted by molar-refractivity contribution is 6.46. The molecule has 3 aromatic rings. The quantitative estimate of drug-likeness (QED) is 0.230. The molecule has 0 bridgehead atoms. The van der Waals surface area contributed by atoms with Crippen molar-refractivity contribution in [3.05, 3.63) is 99.6 Å². The van der Waals surface area contributed by atoms with Crippen molar-refractivity contribution in [1.29, 1.82) is 0 Å². The lowest BCUT2D eigenvalue weighted by Gasteiger charge is -2.27. The number of aryl methyl sites for hydroxylation is 1. The van der Waals surface area contributed by atoms with Gasteiger partial charge in [0.25, 0.3) is 11.7 Å². The molecule has 0 aliphatic carbocycles. The van der Waals surface area contributed by atoms with Gasteiger partial charge >= 0.3 is 0 Å². The van der Waals surface area contributed by atoms with Crippen molar-refractivity contribution >= 4 is 29.1 Å². The second kappa shape index (κ2) is 11.7. The van der Waals surface area contributed by atoms with Gasteiger partial charge in [-0.25, -0.2) is 0 Å². The summed E-state index contributed by atoms with van der Waals surface area (Å²) >= 11 is 6.38. The maximum atomic E-state index is 13.4. The number of benzene rings is 3. The molecule has 0 spiro atoms. The summed E-state index contributed by atoms with van der Waals surface area (Å²) in [5.41, 5.74) is 2.66. The smallest absolute Gasteiger partial charge is 0.295 e. The molecule has 1 heterocycles. The normalized spacial score (nSPS) is 16.8. The molecule has 198 valence electrons. The number of ether oxygens (including phenoxy) is 2. The van der Waals surface area contributed by atoms with Gasteiger partial charge in [0.15, 0.2) is 0 Å². The first-order chi connectivity index (χ1) is 18.2. The van der Waals surface area contributed by atoms with Crippen molar-refractivity contribution in [2.24, 2.45) is 0 Å². The first kappa shape index (κ1) is 27.2. The summed E-state index contributed by atoms with van der Waals surface area (Å²) in [7, 11) is 5.22. The van der Waals surface area contributed by atoms with Gasteiger partial charge in [0.05, 0.1) is 29.3 Å². The average Bonchev–Trinajstić information content (AvgIpc) is 3.15. The van der Waals surface area contributed by atoms with Crippen LogP contribution >= 0.6 is 11.6 Å². The lowest BCUT2D eigenvalue weighted by Crippen LogP contribution is -2.35. The molecule has 3 aromatic carbocycles. The van der Waals surface area contributed by atoms with E-state index >= 15 is 0 Å². The molecule has 0 radical (unpaired) electrons. The zero-order chi connectivity index (χ0) is 27.4. The standard InChI is InChI=1S/C30H31ClN2O5/c1-19-15-23(29(37-4)24(31)16-19)27(34)25-26(33(14-13-32(2)3)30(36)28(25)35)21-11-8-12-22(17-21)38-18-20-9-6-5-7-10-20/h5-12,15-17,26,34H,13-14,18H2,1-4H3/b27-25+. The van der Waals surface area contributed by atoms with Gasteiger partial charge in [0, 0.05) is 13.1 Å². The van der Waals surface area contributed by atoms with Gasteiger partial charge in [-0.15, -0.1) is 0 Å². The summed E-state index contributed by atoms with van der Waals surface area (Å²) in [6.45, 7) is 3.01. The van der Waals surface area contributed by atoms with Crippen LogP contribution in [0.2, 0.25) is 5.02 Å². The van der Waals surface area contributed by atoms with E-state index < -0.39 is 17.7 Å². The van der Waals surface area contributed by atoms with Gasteiger partial charge in [-0.2, -0.15) is 0 Å². The molecule has 1 aliphatic rings. The first-order valence-electron chi connectivity index (χ1n) is 12.3. The Bertz CT molecular complexity index is 1370. The lowest BCUT2D eigenvalue weighted by molar-refractivity contribution is -0.140. The van der Waals surface area contributed by atoms with E-state index in [1.54, 1.807) is 18.2 Å². The highest BCUT2D eigenvalue weighted by Gasteiger charge is 2.46. The van der Waals surface area contributed by atoms with E-state index in [0.717, 1.165) is 11.1 Å². The predicted molar refractivity (Wildman–Crippen MR) is 148 cm³/mol. The minimum Gasteiger partial charge on any atom is -0.507 e. The first-order valence-corrected chi connectivity index (χ1v) is 12.6. The largest absolute Gasteiger partial charge is 0.507 e. The second-order valence-electron chi connectivity index (χ2n) is 9.47. The number of carbonyl (C=O) groups is 2. The van der Waals surface area contributed by atoms with Crippen LogP contribution in [-0.4, -0.2) is 60.9 Å². The van der Waals surface area contributed by atoms with Gasteiger partial charge in [-0.1, -0.05) is 54.1 Å². The number of nitrogens with zero attached hydrogens (tertiary/aromatic N) is 2. The van der Waals surface area contributed by atoms with Gasteiger partial charge in [0.2, 0.25) is 0 Å². The van der Waals surface area contributed by atoms with E-state index in [1.807, 2.05) is 74.4 Å². The summed E-state index contributed by atoms with van der Waals surface area (Å²) < 4.78 is 11.5. The maximum absolute atomic E-state index is 13.4. The number of rotatable bonds is 9. The van der Waals surface area contributed by atoms with Crippen LogP contribution in [0, 0.1) is 6.92 Å². The molecule has 1 fully saturated rings. The lowest BCUT2D eigenvalue weighted by atomic mass is 9.94. The topological polar surface area (TPSA) is 79.3 Å². The van der Waals surface area contributed by atoms with E-state index in [4.69, 9.17) is 21.1 Å². The second-order valence-corrected chi connectivity index (χ2v) is 9.88. The molecule has 8 heteroatoms. The van der Waals surface area contributed by atoms with Crippen LogP contribution in [0.5, 0.6) is 11.5 Å². The van der Waals surface area contributed by atoms with Crippen molar-refractivity contribution in [2.45, 2.75) is 19.6 Å². The van der Waals surface area contributed by atoms with Crippen LogP contribution in [0.15, 0.2) is 72.3 Å². The number of aliphatic hydroxyl groups is 1. The van der Waals surface area contributed by atoms with Gasteiger partial charge in [-0.3, -0.25) is 9.59 Å². The van der Waals surface area contributed by atoms with E-state index in [9.17, 15) is 14.7 Å². The summed E-state index contributed by atoms with van der Waals surface area (Å²) in [4.78, 5) is 30.1. The molecule has 1 aliphatic heterocycles. The Morgan fingerprint density at radius 2 is 1.79 bits per heavy atom. The molecular weight excluding hydrogens is 504 g/mol. The van der Waals surface area contributed by atoms with Crippen molar-refractivity contribution in [3.63, 3.8) is 0 Å². The number of hydrogen-bond acceptors (Lipinski definition) is 6. The Kier molecular flexibility index (Phi) is 8.39. The molecule has 0 aromatic heterocycles. The third-order valence-electron chi connectivity index (χ3n) is 6.40. The van der Waals surface area contributed by atoms with Crippen LogP contribution in [0.1, 0.15) is 28.3 Å². The molecular formula is C30H31ClN2O5. The van der Waals surface area contributed by atoms with E-state index in [2.05, 4.69) is 0 Å². The summed E-state index contributed by atoms with van der Waals surface area (Å²) in [6, 6.07) is 19.6. The molecule has 4 rings (SSSR count). The predicted octanol–water partition coefficient (Wildman–Crippen LogP) is 5.22. The van der Waals surface area contributed by atoms with Gasteiger partial charge in [-0.05, 0) is 62.0 Å². The Hall–Kier alpha value is -3.81. The molecule has 1 unspecified atom stereocenters. The van der Waals surface area contributed by atoms with Crippen molar-refractivity contribution in [2.75, 3.05) is 34.3 Å². The zero-order valence-electron chi connectivity index (χ0n) is 21.9. The van der Waals surface area contributed by atoms with Gasteiger partial charge < -0.3 is 24.4 Å². The SMILES string of the molecule is COc1c(Cl)cc(C)cc1/C(O)=C1\C(=O)C(=O)N(CCN(C)C)C1c1cccc(OCc2ccccc2)c1. The molecule has 1 atom stereocenters. The van der Waals surface area contributed by atoms with Crippen molar-refractivity contribution in [3.8, 4) is 11.5 Å². The number of likely N-dealkylation sites (tertiary alicyclic amines) is 1. The molecule has 1 amide bonds. The number of hydrogen-bond donors (Lipinski definition) is 1.